The van der Waals surface area contributed by atoms with Gasteiger partial charge in [0.2, 0.25) is 0 Å². The summed E-state index contributed by atoms with van der Waals surface area (Å²) < 4.78 is 7.11. The number of nitrogens with zero attached hydrogens (tertiary/aromatic N) is 2. The average Bonchev–Trinajstić information content (AvgIpc) is 2.38. The van der Waals surface area contributed by atoms with E-state index in [4.69, 9.17) is 10.5 Å². The molecule has 2 rings (SSSR count). The molecule has 94 valence electrons. The molecule has 5 nitrogen and oxygen atoms in total. The van der Waals surface area contributed by atoms with Crippen LogP contribution >= 0.6 is 0 Å². The van der Waals surface area contributed by atoms with Crippen LogP contribution in [0.15, 0.2) is 29.2 Å². The Morgan fingerprint density at radius 2 is 2.29 bits per heavy atom. The molecule has 5 heteroatoms. The van der Waals surface area contributed by atoms with Crippen molar-refractivity contribution < 1.29 is 4.74 Å². The van der Waals surface area contributed by atoms with E-state index in [-0.39, 0.29) is 11.6 Å². The summed E-state index contributed by atoms with van der Waals surface area (Å²) in [5.41, 5.74) is 5.75. The van der Waals surface area contributed by atoms with Gasteiger partial charge in [-0.2, -0.15) is 0 Å². The van der Waals surface area contributed by atoms with E-state index in [1.54, 1.807) is 16.7 Å². The molecular weight excluding hydrogens is 218 g/mol. The van der Waals surface area contributed by atoms with Gasteiger partial charge in [-0.3, -0.25) is 9.69 Å². The van der Waals surface area contributed by atoms with Crippen molar-refractivity contribution in [2.45, 2.75) is 12.6 Å². The number of aromatic nitrogens is 1. The second kappa shape index (κ2) is 5.95. The second-order valence-electron chi connectivity index (χ2n) is 4.23. The minimum atomic E-state index is 0.0463. The maximum atomic E-state index is 11.5. The molecule has 2 N–H and O–H groups in total. The first-order valence-electron chi connectivity index (χ1n) is 5.98. The number of hydrogen-bond acceptors (Lipinski definition) is 4. The van der Waals surface area contributed by atoms with E-state index >= 15 is 0 Å². The predicted molar refractivity (Wildman–Crippen MR) is 65.9 cm³/mol. The lowest BCUT2D eigenvalue weighted by Crippen LogP contribution is -2.50. The van der Waals surface area contributed by atoms with Crippen LogP contribution in [0.5, 0.6) is 0 Å². The molecule has 2 heterocycles. The average molecular weight is 237 g/mol. The first kappa shape index (κ1) is 12.3. The maximum absolute atomic E-state index is 11.5. The van der Waals surface area contributed by atoms with Crippen LogP contribution in [-0.4, -0.2) is 48.4 Å². The van der Waals surface area contributed by atoms with Crippen LogP contribution in [0.25, 0.3) is 0 Å². The van der Waals surface area contributed by atoms with Gasteiger partial charge in [0.15, 0.2) is 0 Å². The van der Waals surface area contributed by atoms with Crippen molar-refractivity contribution in [2.24, 2.45) is 5.73 Å². The topological polar surface area (TPSA) is 60.5 Å². The minimum absolute atomic E-state index is 0.0463. The van der Waals surface area contributed by atoms with Crippen LogP contribution in [0.2, 0.25) is 0 Å². The molecule has 0 saturated carbocycles. The Labute approximate surface area is 101 Å². The van der Waals surface area contributed by atoms with Gasteiger partial charge in [0.05, 0.1) is 13.2 Å². The maximum Gasteiger partial charge on any atom is 0.250 e. The van der Waals surface area contributed by atoms with Gasteiger partial charge in [0.25, 0.3) is 5.56 Å². The fourth-order valence-electron chi connectivity index (χ4n) is 2.08. The number of rotatable bonds is 4. The molecule has 0 aliphatic carbocycles. The van der Waals surface area contributed by atoms with Gasteiger partial charge in [-0.1, -0.05) is 6.07 Å². The molecule has 0 spiro atoms. The second-order valence-corrected chi connectivity index (χ2v) is 4.23. The van der Waals surface area contributed by atoms with Crippen LogP contribution in [0.4, 0.5) is 0 Å². The normalized spacial score (nSPS) is 21.6. The summed E-state index contributed by atoms with van der Waals surface area (Å²) in [6.45, 7) is 4.48. The molecule has 0 radical (unpaired) electrons. The Hall–Kier alpha value is -1.17. The summed E-state index contributed by atoms with van der Waals surface area (Å²) in [5, 5.41) is 0. The van der Waals surface area contributed by atoms with Crippen molar-refractivity contribution in [2.75, 3.05) is 32.8 Å². The lowest BCUT2D eigenvalue weighted by molar-refractivity contribution is -0.00528. The molecule has 1 fully saturated rings. The van der Waals surface area contributed by atoms with Crippen molar-refractivity contribution >= 4 is 0 Å². The van der Waals surface area contributed by atoms with Crippen LogP contribution in [0.1, 0.15) is 0 Å². The van der Waals surface area contributed by atoms with Crippen LogP contribution in [0, 0.1) is 0 Å². The first-order chi connectivity index (χ1) is 8.31. The largest absolute Gasteiger partial charge is 0.378 e. The number of morpholine rings is 1. The van der Waals surface area contributed by atoms with Crippen LogP contribution in [0.3, 0.4) is 0 Å². The Kier molecular flexibility index (Phi) is 4.30. The molecule has 1 aromatic rings. The summed E-state index contributed by atoms with van der Waals surface area (Å²) >= 11 is 0. The number of pyridine rings is 1. The van der Waals surface area contributed by atoms with Crippen LogP contribution in [-0.2, 0) is 11.3 Å². The van der Waals surface area contributed by atoms with Gasteiger partial charge >= 0.3 is 0 Å². The van der Waals surface area contributed by atoms with E-state index in [2.05, 4.69) is 4.90 Å². The van der Waals surface area contributed by atoms with E-state index in [0.717, 1.165) is 19.7 Å². The molecule has 0 amide bonds. The summed E-state index contributed by atoms with van der Waals surface area (Å²) in [5.74, 6) is 0. The molecule has 1 unspecified atom stereocenters. The highest BCUT2D eigenvalue weighted by Gasteiger charge is 2.20. The Balaban J connectivity index is 1.93. The highest BCUT2D eigenvalue weighted by atomic mass is 16.5. The smallest absolute Gasteiger partial charge is 0.250 e. The van der Waals surface area contributed by atoms with Gasteiger partial charge < -0.3 is 15.0 Å². The van der Waals surface area contributed by atoms with E-state index in [0.29, 0.717) is 19.7 Å². The zero-order chi connectivity index (χ0) is 12.1. The Morgan fingerprint density at radius 3 is 3.06 bits per heavy atom. The molecule has 1 aliphatic heterocycles. The molecular formula is C12H19N3O2. The first-order valence-corrected chi connectivity index (χ1v) is 5.98. The van der Waals surface area contributed by atoms with Crippen molar-refractivity contribution in [1.82, 2.24) is 9.47 Å². The van der Waals surface area contributed by atoms with Gasteiger partial charge in [0, 0.05) is 44.5 Å². The summed E-state index contributed by atoms with van der Waals surface area (Å²) in [6.07, 6.45) is 1.82. The van der Waals surface area contributed by atoms with Gasteiger partial charge in [-0.05, 0) is 6.07 Å². The molecule has 0 bridgehead atoms. The Bertz CT molecular complexity index is 405. The lowest BCUT2D eigenvalue weighted by atomic mass is 10.2. The van der Waals surface area contributed by atoms with Crippen molar-refractivity contribution in [3.63, 3.8) is 0 Å². The van der Waals surface area contributed by atoms with Crippen molar-refractivity contribution in [3.05, 3.63) is 34.7 Å². The Morgan fingerprint density at radius 1 is 1.41 bits per heavy atom. The summed E-state index contributed by atoms with van der Waals surface area (Å²) in [6, 6.07) is 5.50. The number of hydrogen-bond donors (Lipinski definition) is 1. The summed E-state index contributed by atoms with van der Waals surface area (Å²) in [7, 11) is 0. The molecule has 1 aromatic heterocycles. The third-order valence-electron chi connectivity index (χ3n) is 3.15. The molecule has 1 aliphatic rings. The van der Waals surface area contributed by atoms with Crippen molar-refractivity contribution in [3.8, 4) is 0 Å². The number of nitrogens with two attached hydrogens (primary N) is 1. The minimum Gasteiger partial charge on any atom is -0.378 e. The summed E-state index contributed by atoms with van der Waals surface area (Å²) in [4.78, 5) is 13.8. The van der Waals surface area contributed by atoms with Crippen molar-refractivity contribution in [1.29, 1.82) is 0 Å². The highest BCUT2D eigenvalue weighted by molar-refractivity contribution is 4.93. The fraction of sp³-hybridized carbons (Fsp3) is 0.583. The quantitative estimate of drug-likeness (QED) is 0.767. The van der Waals surface area contributed by atoms with E-state index in [9.17, 15) is 4.79 Å². The zero-order valence-electron chi connectivity index (χ0n) is 9.92. The van der Waals surface area contributed by atoms with Gasteiger partial charge in [-0.15, -0.1) is 0 Å². The van der Waals surface area contributed by atoms with E-state index < -0.39 is 0 Å². The molecule has 1 saturated heterocycles. The third kappa shape index (κ3) is 3.15. The molecule has 0 aromatic carbocycles. The highest BCUT2D eigenvalue weighted by Crippen LogP contribution is 2.05. The number of ether oxygens (including phenoxy) is 1. The van der Waals surface area contributed by atoms with Crippen LogP contribution < -0.4 is 11.3 Å². The van der Waals surface area contributed by atoms with Gasteiger partial charge in [-0.25, -0.2) is 0 Å². The van der Waals surface area contributed by atoms with E-state index in [1.807, 2.05) is 12.3 Å². The zero-order valence-corrected chi connectivity index (χ0v) is 9.92. The SMILES string of the molecule is NCC1COCCN1CCn1ccccc1=O. The lowest BCUT2D eigenvalue weighted by Gasteiger charge is -2.34. The standard InChI is InChI=1S/C12H19N3O2/c13-9-11-10-17-8-7-14(11)5-6-15-4-2-1-3-12(15)16/h1-4,11H,5-10,13H2. The molecule has 17 heavy (non-hydrogen) atoms. The monoisotopic (exact) mass is 237 g/mol. The predicted octanol–water partition coefficient (Wildman–Crippen LogP) is -0.492. The van der Waals surface area contributed by atoms with E-state index in [1.165, 1.54) is 0 Å². The third-order valence-corrected chi connectivity index (χ3v) is 3.15. The molecule has 1 atom stereocenters. The fourth-order valence-corrected chi connectivity index (χ4v) is 2.08. The van der Waals surface area contributed by atoms with Gasteiger partial charge in [0.1, 0.15) is 0 Å².